The van der Waals surface area contributed by atoms with Crippen molar-refractivity contribution in [2.75, 3.05) is 5.32 Å². The predicted molar refractivity (Wildman–Crippen MR) is 65.2 cm³/mol. The number of hydrogen-bond donors (Lipinski definition) is 2. The van der Waals surface area contributed by atoms with Crippen LogP contribution in [-0.4, -0.2) is 21.9 Å². The van der Waals surface area contributed by atoms with Crippen LogP contribution < -0.4 is 11.1 Å². The number of amides is 1. The quantitative estimate of drug-likeness (QED) is 0.823. The van der Waals surface area contributed by atoms with Gasteiger partial charge >= 0.3 is 0 Å². The van der Waals surface area contributed by atoms with Crippen LogP contribution in [0.1, 0.15) is 32.1 Å². The van der Waals surface area contributed by atoms with Crippen LogP contribution in [0.25, 0.3) is 0 Å². The van der Waals surface area contributed by atoms with Crippen LogP contribution in [0.4, 0.5) is 5.69 Å². The minimum absolute atomic E-state index is 0.147. The highest BCUT2D eigenvalue weighted by Gasteiger charge is 2.22. The molecule has 1 fully saturated rings. The molecule has 17 heavy (non-hydrogen) atoms. The zero-order valence-electron chi connectivity index (χ0n) is 9.80. The van der Waals surface area contributed by atoms with Crippen LogP contribution in [0.2, 0.25) is 0 Å². The molecule has 0 aromatic carbocycles. The largest absolute Gasteiger partial charge is 0.322 e. The summed E-state index contributed by atoms with van der Waals surface area (Å²) in [6.07, 6.45) is 10.3. The summed E-state index contributed by atoms with van der Waals surface area (Å²) in [5, 5.41) is 2.73. The monoisotopic (exact) mass is 234 g/mol. The van der Waals surface area contributed by atoms with Gasteiger partial charge in [-0.05, 0) is 12.3 Å². The highest BCUT2D eigenvalue weighted by molar-refractivity contribution is 5.94. The van der Waals surface area contributed by atoms with Gasteiger partial charge in [0, 0.05) is 0 Å². The highest BCUT2D eigenvalue weighted by atomic mass is 16.2. The number of carbonyl (C=O) groups is 1. The van der Waals surface area contributed by atoms with Crippen molar-refractivity contribution in [3.63, 3.8) is 0 Å². The van der Waals surface area contributed by atoms with Crippen LogP contribution in [0.5, 0.6) is 0 Å². The number of aromatic nitrogens is 2. The average Bonchev–Trinajstić information content (AvgIpc) is 2.83. The maximum Gasteiger partial charge on any atom is 0.241 e. The van der Waals surface area contributed by atoms with Gasteiger partial charge in [0.25, 0.3) is 0 Å². The molecule has 92 valence electrons. The average molecular weight is 234 g/mol. The van der Waals surface area contributed by atoms with Gasteiger partial charge in [-0.2, -0.15) is 0 Å². The third-order valence-corrected chi connectivity index (χ3v) is 3.23. The number of anilines is 1. The van der Waals surface area contributed by atoms with Gasteiger partial charge < -0.3 is 11.1 Å². The summed E-state index contributed by atoms with van der Waals surface area (Å²) in [4.78, 5) is 19.5. The number of carbonyl (C=O) groups excluding carboxylic acids is 1. The van der Waals surface area contributed by atoms with E-state index in [0.29, 0.717) is 11.6 Å². The molecule has 2 rings (SSSR count). The second kappa shape index (κ2) is 5.72. The summed E-state index contributed by atoms with van der Waals surface area (Å²) in [5.41, 5.74) is 6.49. The first-order chi connectivity index (χ1) is 8.25. The minimum Gasteiger partial charge on any atom is -0.322 e. The molecule has 0 radical (unpaired) electrons. The van der Waals surface area contributed by atoms with Gasteiger partial charge in [-0.3, -0.25) is 4.79 Å². The van der Waals surface area contributed by atoms with Crippen molar-refractivity contribution in [3.8, 4) is 0 Å². The van der Waals surface area contributed by atoms with Crippen molar-refractivity contribution in [2.45, 2.75) is 38.1 Å². The molecule has 0 bridgehead atoms. The van der Waals surface area contributed by atoms with E-state index in [0.717, 1.165) is 6.42 Å². The highest BCUT2D eigenvalue weighted by Crippen LogP contribution is 2.28. The van der Waals surface area contributed by atoms with Crippen molar-refractivity contribution >= 4 is 11.6 Å². The van der Waals surface area contributed by atoms with Gasteiger partial charge in [0.2, 0.25) is 5.91 Å². The lowest BCUT2D eigenvalue weighted by molar-refractivity contribution is -0.117. The Hall–Kier alpha value is -1.49. The molecule has 1 aliphatic rings. The van der Waals surface area contributed by atoms with Crippen LogP contribution in [0.3, 0.4) is 0 Å². The van der Waals surface area contributed by atoms with Crippen molar-refractivity contribution in [2.24, 2.45) is 11.7 Å². The Morgan fingerprint density at radius 1 is 1.41 bits per heavy atom. The van der Waals surface area contributed by atoms with Gasteiger partial charge in [-0.15, -0.1) is 0 Å². The molecule has 5 nitrogen and oxygen atoms in total. The first kappa shape index (κ1) is 12.0. The molecule has 1 aliphatic carbocycles. The topological polar surface area (TPSA) is 80.9 Å². The Kier molecular flexibility index (Phi) is 4.03. The van der Waals surface area contributed by atoms with E-state index in [1.807, 2.05) is 0 Å². The van der Waals surface area contributed by atoms with Gasteiger partial charge in [-0.25, -0.2) is 9.97 Å². The Labute approximate surface area is 101 Å². The zero-order valence-corrected chi connectivity index (χ0v) is 9.80. The molecule has 0 aliphatic heterocycles. The summed E-state index contributed by atoms with van der Waals surface area (Å²) in [6.45, 7) is 0. The molecule has 1 amide bonds. The first-order valence-corrected chi connectivity index (χ1v) is 6.07. The third-order valence-electron chi connectivity index (χ3n) is 3.23. The number of hydrogen-bond acceptors (Lipinski definition) is 4. The lowest BCUT2D eigenvalue weighted by Crippen LogP contribution is -2.37. The second-order valence-electron chi connectivity index (χ2n) is 4.61. The maximum atomic E-state index is 11.8. The first-order valence-electron chi connectivity index (χ1n) is 6.07. The van der Waals surface area contributed by atoms with E-state index in [1.54, 1.807) is 12.4 Å². The standard InChI is InChI=1S/C12H18N4O/c13-11(5-9-3-1-2-4-9)12(17)16-10-6-14-8-15-7-10/h6-9,11H,1-5,13H2,(H,16,17)/t11-/m0/s1. The number of nitrogens with zero attached hydrogens (tertiary/aromatic N) is 2. The Morgan fingerprint density at radius 2 is 2.06 bits per heavy atom. The summed E-state index contributed by atoms with van der Waals surface area (Å²) in [6, 6.07) is -0.432. The van der Waals surface area contributed by atoms with Crippen molar-refractivity contribution < 1.29 is 4.79 Å². The fourth-order valence-electron chi connectivity index (χ4n) is 2.31. The smallest absolute Gasteiger partial charge is 0.241 e. The number of rotatable bonds is 4. The van der Waals surface area contributed by atoms with E-state index >= 15 is 0 Å². The fourth-order valence-corrected chi connectivity index (χ4v) is 2.31. The molecular weight excluding hydrogens is 216 g/mol. The number of nitrogens with one attached hydrogen (secondary N) is 1. The molecule has 1 saturated carbocycles. The summed E-state index contributed by atoms with van der Waals surface area (Å²) < 4.78 is 0. The van der Waals surface area contributed by atoms with Crippen LogP contribution >= 0.6 is 0 Å². The predicted octanol–water partition coefficient (Wildman–Crippen LogP) is 1.32. The van der Waals surface area contributed by atoms with Gasteiger partial charge in [0.05, 0.1) is 24.1 Å². The normalized spacial score (nSPS) is 17.9. The molecule has 0 spiro atoms. The maximum absolute atomic E-state index is 11.8. The van der Waals surface area contributed by atoms with Crippen molar-refractivity contribution in [1.29, 1.82) is 0 Å². The van der Waals surface area contributed by atoms with Crippen LogP contribution in [0, 0.1) is 5.92 Å². The zero-order chi connectivity index (χ0) is 12.1. The fraction of sp³-hybridized carbons (Fsp3) is 0.583. The number of nitrogens with two attached hydrogens (primary N) is 1. The molecular formula is C12H18N4O. The van der Waals surface area contributed by atoms with E-state index in [9.17, 15) is 4.79 Å². The van der Waals surface area contributed by atoms with Gasteiger partial charge in [-0.1, -0.05) is 25.7 Å². The summed E-state index contributed by atoms with van der Waals surface area (Å²) in [7, 11) is 0. The van der Waals surface area contributed by atoms with Gasteiger partial charge in [0.1, 0.15) is 6.33 Å². The summed E-state index contributed by atoms with van der Waals surface area (Å²) >= 11 is 0. The second-order valence-corrected chi connectivity index (χ2v) is 4.61. The van der Waals surface area contributed by atoms with Crippen molar-refractivity contribution in [1.82, 2.24) is 9.97 Å². The van der Waals surface area contributed by atoms with E-state index in [4.69, 9.17) is 5.73 Å². The molecule has 5 heteroatoms. The molecule has 0 saturated heterocycles. The van der Waals surface area contributed by atoms with Crippen molar-refractivity contribution in [3.05, 3.63) is 18.7 Å². The molecule has 1 heterocycles. The summed E-state index contributed by atoms with van der Waals surface area (Å²) in [5.74, 6) is 0.467. The van der Waals surface area contributed by atoms with E-state index in [2.05, 4.69) is 15.3 Å². The lowest BCUT2D eigenvalue weighted by atomic mass is 9.98. The SMILES string of the molecule is N[C@@H](CC1CCCC1)C(=O)Nc1cncnc1. The molecule has 1 atom stereocenters. The minimum atomic E-state index is -0.432. The third kappa shape index (κ3) is 3.49. The van der Waals surface area contributed by atoms with Crippen LogP contribution in [-0.2, 0) is 4.79 Å². The Balaban J connectivity index is 1.82. The van der Waals surface area contributed by atoms with E-state index < -0.39 is 6.04 Å². The molecule has 0 unspecified atom stereocenters. The van der Waals surface area contributed by atoms with Crippen LogP contribution in [0.15, 0.2) is 18.7 Å². The molecule has 1 aromatic rings. The van der Waals surface area contributed by atoms with Gasteiger partial charge in [0.15, 0.2) is 0 Å². The Morgan fingerprint density at radius 3 is 2.71 bits per heavy atom. The Bertz CT molecular complexity index is 362. The van der Waals surface area contributed by atoms with E-state index in [-0.39, 0.29) is 5.91 Å². The molecule has 1 aromatic heterocycles. The van der Waals surface area contributed by atoms with E-state index in [1.165, 1.54) is 32.0 Å². The molecule has 3 N–H and O–H groups in total. The lowest BCUT2D eigenvalue weighted by Gasteiger charge is -2.15.